The van der Waals surface area contributed by atoms with Crippen LogP contribution in [-0.2, 0) is 9.53 Å². The molecule has 1 saturated carbocycles. The Balaban J connectivity index is 0.00000161. The molecular formula is C16H29ClN2O2. The second-order valence-electron chi connectivity index (χ2n) is 6.91. The molecule has 1 atom stereocenters. The summed E-state index contributed by atoms with van der Waals surface area (Å²) in [6, 6.07) is 0.223. The van der Waals surface area contributed by atoms with Crippen molar-refractivity contribution in [2.24, 2.45) is 5.41 Å². The number of piperidine rings is 1. The summed E-state index contributed by atoms with van der Waals surface area (Å²) < 4.78 is 5.45. The van der Waals surface area contributed by atoms with E-state index in [9.17, 15) is 4.79 Å². The minimum Gasteiger partial charge on any atom is -0.378 e. The van der Waals surface area contributed by atoms with E-state index in [2.05, 4.69) is 10.2 Å². The van der Waals surface area contributed by atoms with Gasteiger partial charge in [0.1, 0.15) is 0 Å². The van der Waals surface area contributed by atoms with Crippen molar-refractivity contribution in [1.82, 2.24) is 10.2 Å². The fourth-order valence-electron chi connectivity index (χ4n) is 4.22. The predicted octanol–water partition coefficient (Wildman–Crippen LogP) is 2.36. The zero-order valence-electron chi connectivity index (χ0n) is 12.9. The van der Waals surface area contributed by atoms with E-state index < -0.39 is 0 Å². The highest BCUT2D eigenvalue weighted by atomic mass is 35.5. The maximum atomic E-state index is 12.5. The van der Waals surface area contributed by atoms with Gasteiger partial charge in [-0.1, -0.05) is 19.3 Å². The molecule has 1 amide bonds. The van der Waals surface area contributed by atoms with E-state index >= 15 is 0 Å². The van der Waals surface area contributed by atoms with E-state index in [1.807, 2.05) is 0 Å². The number of rotatable bonds is 2. The highest BCUT2D eigenvalue weighted by Crippen LogP contribution is 2.43. The number of nitrogens with one attached hydrogen (secondary N) is 1. The lowest BCUT2D eigenvalue weighted by Gasteiger charge is -2.45. The lowest BCUT2D eigenvalue weighted by molar-refractivity contribution is -0.136. The van der Waals surface area contributed by atoms with Crippen LogP contribution in [0.15, 0.2) is 0 Å². The topological polar surface area (TPSA) is 41.6 Å². The van der Waals surface area contributed by atoms with Crippen LogP contribution < -0.4 is 5.32 Å². The highest BCUT2D eigenvalue weighted by Gasteiger charge is 2.38. The second-order valence-corrected chi connectivity index (χ2v) is 6.91. The third-order valence-corrected chi connectivity index (χ3v) is 5.35. The van der Waals surface area contributed by atoms with E-state index in [1.54, 1.807) is 0 Å². The van der Waals surface area contributed by atoms with Gasteiger partial charge in [-0.15, -0.1) is 12.4 Å². The molecule has 0 aromatic heterocycles. The second kappa shape index (κ2) is 7.80. The van der Waals surface area contributed by atoms with Gasteiger partial charge in [-0.2, -0.15) is 0 Å². The van der Waals surface area contributed by atoms with E-state index in [-0.39, 0.29) is 18.4 Å². The molecule has 122 valence electrons. The molecule has 5 heteroatoms. The quantitative estimate of drug-likeness (QED) is 0.850. The number of morpholine rings is 1. The average Bonchev–Trinajstić information content (AvgIpc) is 2.49. The summed E-state index contributed by atoms with van der Waals surface area (Å²) in [5.74, 6) is 0.331. The molecule has 3 fully saturated rings. The predicted molar refractivity (Wildman–Crippen MR) is 85.8 cm³/mol. The highest BCUT2D eigenvalue weighted by molar-refractivity contribution is 5.85. The fraction of sp³-hybridized carbons (Fsp3) is 0.938. The Bertz CT molecular complexity index is 334. The van der Waals surface area contributed by atoms with E-state index in [0.717, 1.165) is 26.2 Å². The van der Waals surface area contributed by atoms with Crippen LogP contribution in [0.1, 0.15) is 51.4 Å². The Morgan fingerprint density at radius 1 is 1.19 bits per heavy atom. The van der Waals surface area contributed by atoms with Gasteiger partial charge >= 0.3 is 0 Å². The molecule has 21 heavy (non-hydrogen) atoms. The van der Waals surface area contributed by atoms with Crippen molar-refractivity contribution in [3.8, 4) is 0 Å². The molecule has 4 nitrogen and oxygen atoms in total. The number of carbonyl (C=O) groups excluding carboxylic acids is 1. The number of hydrogen-bond donors (Lipinski definition) is 1. The van der Waals surface area contributed by atoms with Crippen molar-refractivity contribution in [3.63, 3.8) is 0 Å². The third-order valence-electron chi connectivity index (χ3n) is 5.35. The first kappa shape index (κ1) is 17.0. The van der Waals surface area contributed by atoms with E-state index in [1.165, 1.54) is 44.9 Å². The number of likely N-dealkylation sites (tertiary alicyclic amines) is 1. The SMILES string of the molecule is Cl.O=C(CC1COCCN1)N1CCCC2(CCCCC2)C1. The summed E-state index contributed by atoms with van der Waals surface area (Å²) in [6.07, 6.45) is 9.92. The Kier molecular flexibility index (Phi) is 6.33. The van der Waals surface area contributed by atoms with E-state index in [0.29, 0.717) is 24.3 Å². The molecule has 2 saturated heterocycles. The smallest absolute Gasteiger partial charge is 0.224 e. The number of ether oxygens (including phenoxy) is 1. The van der Waals surface area contributed by atoms with Crippen molar-refractivity contribution < 1.29 is 9.53 Å². The number of halogens is 1. The van der Waals surface area contributed by atoms with Gasteiger partial charge in [-0.05, 0) is 31.1 Å². The number of hydrogen-bond acceptors (Lipinski definition) is 3. The summed E-state index contributed by atoms with van der Waals surface area (Å²) in [5, 5.41) is 3.39. The molecule has 0 aromatic rings. The average molecular weight is 317 g/mol. The van der Waals surface area contributed by atoms with Gasteiger partial charge in [0.25, 0.3) is 0 Å². The van der Waals surface area contributed by atoms with Crippen LogP contribution in [0.25, 0.3) is 0 Å². The summed E-state index contributed by atoms with van der Waals surface area (Å²) in [4.78, 5) is 14.7. The molecule has 2 aliphatic heterocycles. The summed E-state index contributed by atoms with van der Waals surface area (Å²) in [6.45, 7) is 4.32. The maximum absolute atomic E-state index is 12.5. The summed E-state index contributed by atoms with van der Waals surface area (Å²) >= 11 is 0. The first-order valence-corrected chi connectivity index (χ1v) is 8.36. The monoisotopic (exact) mass is 316 g/mol. The van der Waals surface area contributed by atoms with Crippen molar-refractivity contribution >= 4 is 18.3 Å². The molecule has 1 unspecified atom stereocenters. The fourth-order valence-corrected chi connectivity index (χ4v) is 4.22. The molecule has 1 aliphatic carbocycles. The summed E-state index contributed by atoms with van der Waals surface area (Å²) in [7, 11) is 0. The first-order valence-electron chi connectivity index (χ1n) is 8.36. The van der Waals surface area contributed by atoms with Crippen molar-refractivity contribution in [2.45, 2.75) is 57.4 Å². The van der Waals surface area contributed by atoms with Gasteiger partial charge in [0.05, 0.1) is 13.2 Å². The minimum atomic E-state index is 0. The minimum absolute atomic E-state index is 0. The van der Waals surface area contributed by atoms with Gasteiger partial charge in [0, 0.05) is 32.1 Å². The molecule has 0 aromatic carbocycles. The van der Waals surface area contributed by atoms with Crippen LogP contribution in [0.4, 0.5) is 0 Å². The molecule has 1 N–H and O–H groups in total. The van der Waals surface area contributed by atoms with Crippen LogP contribution in [0.2, 0.25) is 0 Å². The van der Waals surface area contributed by atoms with E-state index in [4.69, 9.17) is 4.74 Å². The van der Waals surface area contributed by atoms with Crippen molar-refractivity contribution in [1.29, 1.82) is 0 Å². The summed E-state index contributed by atoms with van der Waals surface area (Å²) in [5.41, 5.74) is 0.461. The number of carbonyl (C=O) groups is 1. The largest absolute Gasteiger partial charge is 0.378 e. The molecule has 3 rings (SSSR count). The zero-order chi connectivity index (χ0) is 13.8. The van der Waals surface area contributed by atoms with Gasteiger partial charge in [-0.3, -0.25) is 4.79 Å². The Morgan fingerprint density at radius 2 is 1.95 bits per heavy atom. The zero-order valence-corrected chi connectivity index (χ0v) is 13.8. The molecule has 3 aliphatic rings. The van der Waals surface area contributed by atoms with Crippen LogP contribution >= 0.6 is 12.4 Å². The van der Waals surface area contributed by atoms with Gasteiger partial charge in [-0.25, -0.2) is 0 Å². The molecule has 0 radical (unpaired) electrons. The standard InChI is InChI=1S/C16H28N2O2.ClH/c19-15(11-14-12-20-10-8-17-14)18-9-4-7-16(13-18)5-2-1-3-6-16;/h14,17H,1-13H2;1H. The molecule has 2 heterocycles. The van der Waals surface area contributed by atoms with Crippen LogP contribution in [0.3, 0.4) is 0 Å². The molecule has 0 bridgehead atoms. The Morgan fingerprint density at radius 3 is 2.67 bits per heavy atom. The van der Waals surface area contributed by atoms with Crippen molar-refractivity contribution in [3.05, 3.63) is 0 Å². The Hall–Kier alpha value is -0.320. The normalized spacial score (nSPS) is 29.0. The lowest BCUT2D eigenvalue weighted by Crippen LogP contribution is -2.50. The van der Waals surface area contributed by atoms with Gasteiger partial charge in [0.15, 0.2) is 0 Å². The number of amides is 1. The molecular weight excluding hydrogens is 288 g/mol. The molecule has 1 spiro atoms. The Labute approximate surface area is 134 Å². The third kappa shape index (κ3) is 4.33. The lowest BCUT2D eigenvalue weighted by atomic mass is 9.69. The first-order chi connectivity index (χ1) is 9.77. The van der Waals surface area contributed by atoms with Crippen LogP contribution in [0, 0.1) is 5.41 Å². The van der Waals surface area contributed by atoms with Gasteiger partial charge < -0.3 is 15.0 Å². The van der Waals surface area contributed by atoms with Gasteiger partial charge in [0.2, 0.25) is 5.91 Å². The number of nitrogens with zero attached hydrogens (tertiary/aromatic N) is 1. The van der Waals surface area contributed by atoms with Crippen LogP contribution in [0.5, 0.6) is 0 Å². The maximum Gasteiger partial charge on any atom is 0.224 e. The van der Waals surface area contributed by atoms with Crippen molar-refractivity contribution in [2.75, 3.05) is 32.8 Å². The van der Waals surface area contributed by atoms with Crippen LogP contribution in [-0.4, -0.2) is 49.7 Å².